The maximum atomic E-state index is 11.7. The van der Waals surface area contributed by atoms with Crippen molar-refractivity contribution in [3.8, 4) is 12.3 Å². The predicted molar refractivity (Wildman–Crippen MR) is 77.6 cm³/mol. The molecule has 0 N–H and O–H groups in total. The van der Waals surface area contributed by atoms with Crippen LogP contribution in [0.4, 0.5) is 5.69 Å². The Morgan fingerprint density at radius 2 is 2.42 bits per heavy atom. The van der Waals surface area contributed by atoms with Crippen molar-refractivity contribution in [2.45, 2.75) is 11.8 Å². The van der Waals surface area contributed by atoms with Crippen LogP contribution in [0, 0.1) is 12.3 Å². The summed E-state index contributed by atoms with van der Waals surface area (Å²) in [7, 11) is 1.78. The molecule has 0 bridgehead atoms. The largest absolute Gasteiger partial charge is 0.382 e. The number of benzene rings is 1. The third-order valence-corrected chi connectivity index (χ3v) is 3.86. The first-order chi connectivity index (χ1) is 9.13. The summed E-state index contributed by atoms with van der Waals surface area (Å²) >= 11 is 1.55. The monoisotopic (exact) mass is 274 g/mol. The van der Waals surface area contributed by atoms with E-state index < -0.39 is 0 Å². The lowest BCUT2D eigenvalue weighted by molar-refractivity contribution is -0.116. The maximum absolute atomic E-state index is 11.7. The number of thioether (sulfide) groups is 1. The van der Waals surface area contributed by atoms with Gasteiger partial charge in [0.15, 0.2) is 6.61 Å². The Labute approximate surface area is 116 Å². The van der Waals surface area contributed by atoms with Gasteiger partial charge in [-0.2, -0.15) is 0 Å². The van der Waals surface area contributed by atoms with Crippen LogP contribution in [0.2, 0.25) is 0 Å². The molecule has 0 aromatic heterocycles. The van der Waals surface area contributed by atoms with Crippen LogP contribution in [-0.4, -0.2) is 31.0 Å². The Balaban J connectivity index is 2.28. The summed E-state index contributed by atoms with van der Waals surface area (Å²) in [4.78, 5) is 19.4. The van der Waals surface area contributed by atoms with E-state index in [-0.39, 0.29) is 12.5 Å². The third-order valence-electron chi connectivity index (χ3n) is 2.81. The summed E-state index contributed by atoms with van der Waals surface area (Å²) in [5.74, 6) is 2.94. The Kier molecular flexibility index (Phi) is 4.13. The van der Waals surface area contributed by atoms with Gasteiger partial charge >= 0.3 is 0 Å². The second-order valence-corrected chi connectivity index (χ2v) is 5.10. The molecular formula is C14H14N2O2S. The van der Waals surface area contributed by atoms with Gasteiger partial charge in [-0.05, 0) is 19.1 Å². The average Bonchev–Trinajstić information content (AvgIpc) is 2.43. The summed E-state index contributed by atoms with van der Waals surface area (Å²) < 4.78 is 0. The van der Waals surface area contributed by atoms with Gasteiger partial charge in [0.05, 0.1) is 17.2 Å². The number of amides is 1. The van der Waals surface area contributed by atoms with Crippen molar-refractivity contribution in [3.63, 3.8) is 0 Å². The average molecular weight is 274 g/mol. The highest BCUT2D eigenvalue weighted by molar-refractivity contribution is 8.00. The summed E-state index contributed by atoms with van der Waals surface area (Å²) in [5.41, 5.74) is 2.55. The number of rotatable bonds is 3. The van der Waals surface area contributed by atoms with Gasteiger partial charge in [-0.3, -0.25) is 4.79 Å². The first-order valence-corrected chi connectivity index (χ1v) is 6.76. The van der Waals surface area contributed by atoms with Gasteiger partial charge < -0.3 is 9.74 Å². The number of hydrogen-bond donors (Lipinski definition) is 0. The van der Waals surface area contributed by atoms with Crippen LogP contribution < -0.4 is 4.90 Å². The Morgan fingerprint density at radius 1 is 1.63 bits per heavy atom. The summed E-state index contributed by atoms with van der Waals surface area (Å²) in [6, 6.07) is 5.91. The zero-order valence-corrected chi connectivity index (χ0v) is 11.7. The zero-order chi connectivity index (χ0) is 13.8. The Morgan fingerprint density at radius 3 is 3.16 bits per heavy atom. The minimum Gasteiger partial charge on any atom is -0.382 e. The van der Waals surface area contributed by atoms with Crippen LogP contribution in [0.5, 0.6) is 0 Å². The lowest BCUT2D eigenvalue weighted by Gasteiger charge is -2.25. The van der Waals surface area contributed by atoms with E-state index in [2.05, 4.69) is 11.1 Å². The normalized spacial score (nSPS) is 14.9. The standard InChI is InChI=1S/C14H14N2O2S/c1-4-7-18-15-10(2)11-5-6-13-12(8-11)16(3)14(17)9-19-13/h1,5-6,8H,7,9H2,2-3H3/b15-10+. The van der Waals surface area contributed by atoms with E-state index in [1.165, 1.54) is 0 Å². The molecule has 1 amide bonds. The number of terminal acetylenes is 1. The predicted octanol–water partition coefficient (Wildman–Crippen LogP) is 2.13. The van der Waals surface area contributed by atoms with Crippen molar-refractivity contribution in [2.24, 2.45) is 5.16 Å². The maximum Gasteiger partial charge on any atom is 0.237 e. The van der Waals surface area contributed by atoms with Crippen molar-refractivity contribution >= 4 is 29.1 Å². The molecule has 1 heterocycles. The van der Waals surface area contributed by atoms with Crippen LogP contribution in [0.1, 0.15) is 12.5 Å². The number of oxime groups is 1. The molecule has 5 heteroatoms. The molecule has 0 aliphatic carbocycles. The number of fused-ring (bicyclic) bond motifs is 1. The molecule has 1 aliphatic rings. The molecule has 19 heavy (non-hydrogen) atoms. The van der Waals surface area contributed by atoms with Crippen LogP contribution >= 0.6 is 11.8 Å². The minimum absolute atomic E-state index is 0.104. The molecule has 0 radical (unpaired) electrons. The van der Waals surface area contributed by atoms with E-state index in [9.17, 15) is 4.79 Å². The van der Waals surface area contributed by atoms with E-state index in [0.717, 1.165) is 21.9 Å². The molecule has 0 atom stereocenters. The lowest BCUT2D eigenvalue weighted by atomic mass is 10.1. The number of carbonyl (C=O) groups is 1. The molecule has 0 unspecified atom stereocenters. The second kappa shape index (κ2) is 5.81. The molecule has 4 nitrogen and oxygen atoms in total. The molecule has 0 spiro atoms. The van der Waals surface area contributed by atoms with Gasteiger partial charge in [0, 0.05) is 17.5 Å². The Bertz CT molecular complexity index is 575. The van der Waals surface area contributed by atoms with E-state index in [1.54, 1.807) is 23.7 Å². The highest BCUT2D eigenvalue weighted by Gasteiger charge is 2.21. The molecule has 0 saturated carbocycles. The van der Waals surface area contributed by atoms with Crippen molar-refractivity contribution in [1.29, 1.82) is 0 Å². The van der Waals surface area contributed by atoms with Gasteiger partial charge in [-0.1, -0.05) is 17.1 Å². The Hall–Kier alpha value is -1.93. The minimum atomic E-state index is 0.104. The van der Waals surface area contributed by atoms with Crippen molar-refractivity contribution in [2.75, 3.05) is 24.3 Å². The molecule has 1 aromatic carbocycles. The number of anilines is 1. The van der Waals surface area contributed by atoms with Gasteiger partial charge in [0.2, 0.25) is 5.91 Å². The fourth-order valence-corrected chi connectivity index (χ4v) is 2.70. The smallest absolute Gasteiger partial charge is 0.237 e. The fourth-order valence-electron chi connectivity index (χ4n) is 1.72. The molecular weight excluding hydrogens is 260 g/mol. The molecule has 2 rings (SSSR count). The van der Waals surface area contributed by atoms with E-state index >= 15 is 0 Å². The first-order valence-electron chi connectivity index (χ1n) is 5.77. The number of carbonyl (C=O) groups excluding carboxylic acids is 1. The summed E-state index contributed by atoms with van der Waals surface area (Å²) in [6.07, 6.45) is 5.09. The van der Waals surface area contributed by atoms with Gasteiger partial charge in [-0.25, -0.2) is 0 Å². The van der Waals surface area contributed by atoms with Crippen LogP contribution in [0.3, 0.4) is 0 Å². The number of nitrogens with zero attached hydrogens (tertiary/aromatic N) is 2. The highest BCUT2D eigenvalue weighted by Crippen LogP contribution is 2.35. The first kappa shape index (κ1) is 13.5. The summed E-state index contributed by atoms with van der Waals surface area (Å²) in [5, 5.41) is 3.94. The van der Waals surface area contributed by atoms with E-state index in [1.807, 2.05) is 25.1 Å². The van der Waals surface area contributed by atoms with E-state index in [0.29, 0.717) is 5.75 Å². The van der Waals surface area contributed by atoms with Gasteiger partial charge in [0.1, 0.15) is 0 Å². The summed E-state index contributed by atoms with van der Waals surface area (Å²) in [6.45, 7) is 1.99. The molecule has 0 saturated heterocycles. The van der Waals surface area contributed by atoms with Gasteiger partial charge in [-0.15, -0.1) is 18.2 Å². The van der Waals surface area contributed by atoms with Crippen LogP contribution in [0.25, 0.3) is 0 Å². The molecule has 0 fully saturated rings. The zero-order valence-electron chi connectivity index (χ0n) is 10.8. The molecule has 1 aliphatic heterocycles. The van der Waals surface area contributed by atoms with Crippen molar-refractivity contribution in [1.82, 2.24) is 0 Å². The van der Waals surface area contributed by atoms with Crippen LogP contribution in [-0.2, 0) is 9.63 Å². The van der Waals surface area contributed by atoms with E-state index in [4.69, 9.17) is 11.3 Å². The fraction of sp³-hybridized carbons (Fsp3) is 0.286. The SMILES string of the molecule is C#CCO/N=C(\C)c1ccc2c(c1)N(C)C(=O)CS2. The quantitative estimate of drug-likeness (QED) is 0.367. The second-order valence-electron chi connectivity index (χ2n) is 4.08. The van der Waals surface area contributed by atoms with Crippen molar-refractivity contribution < 1.29 is 9.63 Å². The number of hydrogen-bond acceptors (Lipinski definition) is 4. The topological polar surface area (TPSA) is 41.9 Å². The third kappa shape index (κ3) is 2.91. The lowest BCUT2D eigenvalue weighted by Crippen LogP contribution is -2.31. The van der Waals surface area contributed by atoms with Crippen LogP contribution in [0.15, 0.2) is 28.3 Å². The van der Waals surface area contributed by atoms with Crippen molar-refractivity contribution in [3.05, 3.63) is 23.8 Å². The molecule has 98 valence electrons. The molecule has 1 aromatic rings. The van der Waals surface area contributed by atoms with Gasteiger partial charge in [0.25, 0.3) is 0 Å². The highest BCUT2D eigenvalue weighted by atomic mass is 32.2.